The van der Waals surface area contributed by atoms with E-state index in [9.17, 15) is 0 Å². The van der Waals surface area contributed by atoms with Crippen LogP contribution in [0.3, 0.4) is 0 Å². The van der Waals surface area contributed by atoms with Crippen LogP contribution >= 0.6 is 27.5 Å². The molecule has 0 radical (unpaired) electrons. The maximum absolute atomic E-state index is 6.24. The second kappa shape index (κ2) is 5.42. The Morgan fingerprint density at radius 1 is 1.15 bits per heavy atom. The number of fused-ring (bicyclic) bond motifs is 1. The molecule has 104 valence electrons. The van der Waals surface area contributed by atoms with E-state index in [0.717, 1.165) is 29.4 Å². The Bertz CT molecular complexity index is 666. The minimum atomic E-state index is 0.104. The summed E-state index contributed by atoms with van der Waals surface area (Å²) in [6.07, 6.45) is 0.940. The molecule has 1 nitrogen and oxygen atoms in total. The number of ether oxygens (including phenoxy) is 1. The number of alkyl halides is 1. The van der Waals surface area contributed by atoms with Crippen LogP contribution < -0.4 is 4.74 Å². The van der Waals surface area contributed by atoms with E-state index < -0.39 is 0 Å². The molecule has 1 aliphatic rings. The molecule has 0 aromatic heterocycles. The van der Waals surface area contributed by atoms with Crippen LogP contribution in [-0.2, 0) is 6.42 Å². The van der Waals surface area contributed by atoms with E-state index in [4.69, 9.17) is 16.3 Å². The highest BCUT2D eigenvalue weighted by Gasteiger charge is 2.23. The molecule has 3 rings (SSSR count). The average Bonchev–Trinajstić information content (AvgIpc) is 2.88. The van der Waals surface area contributed by atoms with E-state index in [1.165, 1.54) is 22.3 Å². The first-order chi connectivity index (χ1) is 9.56. The van der Waals surface area contributed by atoms with Gasteiger partial charge in [-0.3, -0.25) is 0 Å². The fourth-order valence-electron chi connectivity index (χ4n) is 2.59. The number of rotatable bonds is 2. The van der Waals surface area contributed by atoms with Crippen molar-refractivity contribution in [2.45, 2.75) is 25.1 Å². The largest absolute Gasteiger partial charge is 0.493 e. The zero-order chi connectivity index (χ0) is 14.3. The zero-order valence-corrected chi connectivity index (χ0v) is 13.9. The van der Waals surface area contributed by atoms with Gasteiger partial charge in [0.25, 0.3) is 0 Å². The lowest BCUT2D eigenvalue weighted by Crippen LogP contribution is -1.98. The molecular weight excluding hydrogens is 336 g/mol. The zero-order valence-electron chi connectivity index (χ0n) is 11.5. The summed E-state index contributed by atoms with van der Waals surface area (Å²) in [5.74, 6) is 0.995. The molecule has 1 heterocycles. The average molecular weight is 352 g/mol. The molecular formula is C17H16BrClO. The van der Waals surface area contributed by atoms with Crippen LogP contribution in [0.15, 0.2) is 30.3 Å². The molecule has 0 N–H and O–H groups in total. The van der Waals surface area contributed by atoms with Crippen LogP contribution in [0.25, 0.3) is 0 Å². The van der Waals surface area contributed by atoms with Crippen LogP contribution in [0.5, 0.6) is 5.75 Å². The lowest BCUT2D eigenvalue weighted by molar-refractivity contribution is 0.354. The summed E-state index contributed by atoms with van der Waals surface area (Å²) in [5, 5.41) is 0.775. The number of hydrogen-bond donors (Lipinski definition) is 0. The highest BCUT2D eigenvalue weighted by molar-refractivity contribution is 9.09. The Labute approximate surface area is 133 Å². The molecule has 1 unspecified atom stereocenters. The van der Waals surface area contributed by atoms with Crippen LogP contribution in [-0.4, -0.2) is 6.61 Å². The van der Waals surface area contributed by atoms with Gasteiger partial charge in [0.2, 0.25) is 0 Å². The molecule has 0 amide bonds. The van der Waals surface area contributed by atoms with Gasteiger partial charge in [0.15, 0.2) is 0 Å². The summed E-state index contributed by atoms with van der Waals surface area (Å²) in [6.45, 7) is 5.01. The Balaban J connectivity index is 2.06. The van der Waals surface area contributed by atoms with E-state index in [1.807, 2.05) is 12.1 Å². The smallest absolute Gasteiger partial charge is 0.127 e. The summed E-state index contributed by atoms with van der Waals surface area (Å²) in [5.41, 5.74) is 6.16. The third kappa shape index (κ3) is 2.47. The predicted octanol–water partition coefficient (Wildman–Crippen LogP) is 5.38. The Morgan fingerprint density at radius 2 is 1.95 bits per heavy atom. The summed E-state index contributed by atoms with van der Waals surface area (Å²) in [6, 6.07) is 10.5. The summed E-state index contributed by atoms with van der Waals surface area (Å²) >= 11 is 10.0. The third-order valence-electron chi connectivity index (χ3n) is 3.87. The first-order valence-corrected chi connectivity index (χ1v) is 8.02. The van der Waals surface area contributed by atoms with Crippen molar-refractivity contribution in [3.05, 3.63) is 63.2 Å². The quantitative estimate of drug-likeness (QED) is 0.660. The summed E-state index contributed by atoms with van der Waals surface area (Å²) in [7, 11) is 0. The van der Waals surface area contributed by atoms with Crippen molar-refractivity contribution in [2.75, 3.05) is 6.61 Å². The third-order valence-corrected chi connectivity index (χ3v) is 5.11. The summed E-state index contributed by atoms with van der Waals surface area (Å²) in [4.78, 5) is 0.104. The number of benzene rings is 2. The van der Waals surface area contributed by atoms with Crippen LogP contribution in [0.1, 0.15) is 32.6 Å². The second-order valence-electron chi connectivity index (χ2n) is 5.29. The van der Waals surface area contributed by atoms with Gasteiger partial charge in [-0.2, -0.15) is 0 Å². The molecule has 1 atom stereocenters. The molecule has 20 heavy (non-hydrogen) atoms. The molecule has 0 bridgehead atoms. The van der Waals surface area contributed by atoms with Gasteiger partial charge in [-0.1, -0.05) is 45.7 Å². The molecule has 0 fully saturated rings. The van der Waals surface area contributed by atoms with Crippen LogP contribution in [0, 0.1) is 13.8 Å². The monoisotopic (exact) mass is 350 g/mol. The van der Waals surface area contributed by atoms with E-state index >= 15 is 0 Å². The Kier molecular flexibility index (Phi) is 3.78. The van der Waals surface area contributed by atoms with Crippen molar-refractivity contribution in [2.24, 2.45) is 0 Å². The topological polar surface area (TPSA) is 9.23 Å². The Hall–Kier alpha value is -0.990. The number of aryl methyl sites for hydroxylation is 2. The fraction of sp³-hybridized carbons (Fsp3) is 0.294. The van der Waals surface area contributed by atoms with Crippen molar-refractivity contribution in [3.8, 4) is 5.75 Å². The van der Waals surface area contributed by atoms with Crippen LogP contribution in [0.2, 0.25) is 5.02 Å². The maximum Gasteiger partial charge on any atom is 0.127 e. The predicted molar refractivity (Wildman–Crippen MR) is 87.3 cm³/mol. The van der Waals surface area contributed by atoms with Gasteiger partial charge >= 0.3 is 0 Å². The highest BCUT2D eigenvalue weighted by Crippen LogP contribution is 2.42. The van der Waals surface area contributed by atoms with Crippen molar-refractivity contribution >= 4 is 27.5 Å². The van der Waals surface area contributed by atoms with Gasteiger partial charge in [-0.25, -0.2) is 0 Å². The SMILES string of the molecule is Cc1ccc(C(Br)c2cc(Cl)cc3c2OCC3)cc1C. The van der Waals surface area contributed by atoms with Crippen molar-refractivity contribution < 1.29 is 4.74 Å². The minimum Gasteiger partial charge on any atom is -0.493 e. The maximum atomic E-state index is 6.24. The van der Waals surface area contributed by atoms with Gasteiger partial charge < -0.3 is 4.74 Å². The van der Waals surface area contributed by atoms with Crippen molar-refractivity contribution in [1.82, 2.24) is 0 Å². The van der Waals surface area contributed by atoms with Crippen molar-refractivity contribution in [3.63, 3.8) is 0 Å². The second-order valence-corrected chi connectivity index (χ2v) is 6.64. The first-order valence-electron chi connectivity index (χ1n) is 6.72. The van der Waals surface area contributed by atoms with E-state index in [1.54, 1.807) is 0 Å². The van der Waals surface area contributed by atoms with Gasteiger partial charge in [0.1, 0.15) is 5.75 Å². The normalized spacial score (nSPS) is 14.8. The Morgan fingerprint density at radius 3 is 2.70 bits per heavy atom. The molecule has 2 aromatic rings. The van der Waals surface area contributed by atoms with E-state index in [2.05, 4.69) is 48.0 Å². The number of halogens is 2. The fourth-order valence-corrected chi connectivity index (χ4v) is 3.46. The molecule has 0 aliphatic carbocycles. The minimum absolute atomic E-state index is 0.104. The van der Waals surface area contributed by atoms with Crippen molar-refractivity contribution in [1.29, 1.82) is 0 Å². The molecule has 0 spiro atoms. The van der Waals surface area contributed by atoms with Crippen LogP contribution in [0.4, 0.5) is 0 Å². The first kappa shape index (κ1) is 14.0. The van der Waals surface area contributed by atoms with Gasteiger partial charge in [0, 0.05) is 17.0 Å². The van der Waals surface area contributed by atoms with Gasteiger partial charge in [0.05, 0.1) is 11.4 Å². The highest BCUT2D eigenvalue weighted by atomic mass is 79.9. The van der Waals surface area contributed by atoms with Gasteiger partial charge in [-0.05, 0) is 48.2 Å². The van der Waals surface area contributed by atoms with E-state index in [0.29, 0.717) is 0 Å². The molecule has 0 saturated carbocycles. The summed E-state index contributed by atoms with van der Waals surface area (Å²) < 4.78 is 5.79. The molecule has 1 aliphatic heterocycles. The molecule has 2 aromatic carbocycles. The standard InChI is InChI=1S/C17H16BrClO/c1-10-3-4-12(7-11(10)2)16(18)15-9-14(19)8-13-5-6-20-17(13)15/h3-4,7-9,16H,5-6H2,1-2H3. The lowest BCUT2D eigenvalue weighted by atomic mass is 9.98. The number of hydrogen-bond acceptors (Lipinski definition) is 1. The van der Waals surface area contributed by atoms with Gasteiger partial charge in [-0.15, -0.1) is 0 Å². The molecule has 0 saturated heterocycles. The lowest BCUT2D eigenvalue weighted by Gasteiger charge is -2.16. The van der Waals surface area contributed by atoms with E-state index in [-0.39, 0.29) is 4.83 Å². The molecule has 3 heteroatoms.